The van der Waals surface area contributed by atoms with Crippen molar-refractivity contribution in [2.24, 2.45) is 0 Å². The van der Waals surface area contributed by atoms with E-state index in [1.807, 2.05) is 13.0 Å². The summed E-state index contributed by atoms with van der Waals surface area (Å²) < 4.78 is 19.4. The molecule has 0 saturated carbocycles. The molecule has 0 aliphatic carbocycles. The second-order valence-electron chi connectivity index (χ2n) is 23.6. The van der Waals surface area contributed by atoms with E-state index in [0.717, 1.165) is 99.8 Å². The highest BCUT2D eigenvalue weighted by atomic mass is 16.5. The maximum absolute atomic E-state index is 7.35. The molecule has 0 radical (unpaired) electrons. The molecule has 14 aromatic rings. The Morgan fingerprint density at radius 2 is 0.831 bits per heavy atom. The molecule has 0 aliphatic rings. The zero-order valence-corrected chi connectivity index (χ0v) is 48.5. The lowest BCUT2D eigenvalue weighted by Crippen LogP contribution is -2.09. The van der Waals surface area contributed by atoms with E-state index in [1.165, 1.54) is 50.2 Å². The van der Waals surface area contributed by atoms with E-state index < -0.39 is 0 Å². The molecule has 0 N–H and O–H groups in total. The molecule has 0 amide bonds. The normalized spacial score (nSPS) is 12.1. The molecule has 406 valence electrons. The van der Waals surface area contributed by atoms with Gasteiger partial charge in [0.1, 0.15) is 34.3 Å². The lowest BCUT2D eigenvalue weighted by molar-refractivity contribution is 0.483. The van der Waals surface area contributed by atoms with Crippen LogP contribution in [0.25, 0.3) is 122 Å². The molecule has 4 aromatic heterocycles. The average Bonchev–Trinajstić information content (AvgIpc) is 2.27. The maximum atomic E-state index is 7.35. The van der Waals surface area contributed by atoms with E-state index in [0.29, 0.717) is 11.5 Å². The Balaban J connectivity index is 0.992. The van der Waals surface area contributed by atoms with Crippen LogP contribution < -0.4 is 4.74 Å². The summed E-state index contributed by atoms with van der Waals surface area (Å²) in [5.41, 5.74) is 21.3. The topological polar surface area (TPSA) is 70.9 Å². The Morgan fingerprint density at radius 3 is 1.41 bits per heavy atom. The lowest BCUT2D eigenvalue weighted by Gasteiger charge is -2.24. The summed E-state index contributed by atoms with van der Waals surface area (Å²) in [5.74, 6) is 3.79. The lowest BCUT2D eigenvalue weighted by atomic mass is 9.88. The van der Waals surface area contributed by atoms with Gasteiger partial charge in [-0.2, -0.15) is 0 Å². The van der Waals surface area contributed by atoms with Gasteiger partial charge in [0.05, 0.1) is 44.5 Å². The number of imidazole rings is 2. The number of para-hydroxylation sites is 4. The van der Waals surface area contributed by atoms with E-state index in [2.05, 4.69) is 265 Å². The molecule has 0 spiro atoms. The van der Waals surface area contributed by atoms with Gasteiger partial charge in [0.25, 0.3) is 0 Å². The van der Waals surface area contributed by atoms with Crippen molar-refractivity contribution < 1.29 is 9.15 Å². The number of fused-ring (bicyclic) bond motifs is 9. The summed E-state index contributed by atoms with van der Waals surface area (Å²) in [6.45, 7) is 20.4. The van der Waals surface area contributed by atoms with Gasteiger partial charge in [0.15, 0.2) is 0 Å². The van der Waals surface area contributed by atoms with Gasteiger partial charge >= 0.3 is 0 Å². The fourth-order valence-electron chi connectivity index (χ4n) is 12.6. The summed E-state index contributed by atoms with van der Waals surface area (Å²) in [5, 5.41) is 5.11. The molecular formula is C76H65N5O2. The predicted molar refractivity (Wildman–Crippen MR) is 345 cm³/mol. The summed E-state index contributed by atoms with van der Waals surface area (Å²) in [6, 6.07) is 73.7. The molecule has 0 bridgehead atoms. The first kappa shape index (κ1) is 51.5. The maximum Gasteiger partial charge on any atom is 0.149 e. The molecule has 83 heavy (non-hydrogen) atoms. The average molecular weight is 1080 g/mol. The minimum absolute atomic E-state index is 0.184. The van der Waals surface area contributed by atoms with E-state index >= 15 is 0 Å². The van der Waals surface area contributed by atoms with Crippen LogP contribution >= 0.6 is 0 Å². The quantitative estimate of drug-likeness (QED) is 0.114. The van der Waals surface area contributed by atoms with Gasteiger partial charge in [0, 0.05) is 32.8 Å². The number of ether oxygens (including phenoxy) is 1. The van der Waals surface area contributed by atoms with Crippen molar-refractivity contribution in [1.29, 1.82) is 0 Å². The molecule has 0 unspecified atom stereocenters. The highest BCUT2D eigenvalue weighted by Gasteiger charge is 2.28. The fraction of sp³-hybridized carbons (Fsp3) is 0.171. The number of nitrogens with zero attached hydrogens (tertiary/aromatic N) is 5. The summed E-state index contributed by atoms with van der Waals surface area (Å²) >= 11 is 0. The largest absolute Gasteiger partial charge is 0.457 e. The molecule has 4 heterocycles. The fourth-order valence-corrected chi connectivity index (χ4v) is 12.6. The second-order valence-corrected chi connectivity index (χ2v) is 23.6. The molecule has 10 aromatic carbocycles. The van der Waals surface area contributed by atoms with Crippen LogP contribution in [-0.4, -0.2) is 24.1 Å². The summed E-state index contributed by atoms with van der Waals surface area (Å²) in [7, 11) is 0. The van der Waals surface area contributed by atoms with Crippen LogP contribution in [-0.2, 0) is 0 Å². The zero-order chi connectivity index (χ0) is 56.8. The zero-order valence-electron chi connectivity index (χ0n) is 48.5. The monoisotopic (exact) mass is 1080 g/mol. The van der Waals surface area contributed by atoms with Gasteiger partial charge in [-0.15, -0.1) is 0 Å². The number of hydrogen-bond acceptors (Lipinski definition) is 5. The van der Waals surface area contributed by atoms with Crippen molar-refractivity contribution in [3.8, 4) is 67.9 Å². The van der Waals surface area contributed by atoms with E-state index in [1.54, 1.807) is 0 Å². The van der Waals surface area contributed by atoms with Gasteiger partial charge in [-0.05, 0) is 178 Å². The molecule has 7 nitrogen and oxygen atoms in total. The van der Waals surface area contributed by atoms with Crippen molar-refractivity contribution in [1.82, 2.24) is 24.1 Å². The Kier molecular flexibility index (Phi) is 12.7. The Hall–Kier alpha value is -9.59. The number of pyridine rings is 1. The SMILES string of the molecule is Cc1ccc2c(ccc3c2ccc2c4cc(Oc5cccc(-c6nc7ccccc7n6-c6c(C(C)C)cc(-c7ccccc7)cc6C(C)C)c5)cc(-c5nc6ccccc6n5-c5c(C(C)C)cc(-c6ccccc6)cc5C(C)C)c4oc23)n1. The molecule has 0 fully saturated rings. The molecule has 0 saturated heterocycles. The Labute approximate surface area is 484 Å². The number of benzene rings is 10. The van der Waals surface area contributed by atoms with Crippen LogP contribution in [0.1, 0.15) is 107 Å². The molecule has 0 aliphatic heterocycles. The van der Waals surface area contributed by atoms with Crippen LogP contribution in [0.15, 0.2) is 211 Å². The van der Waals surface area contributed by atoms with Gasteiger partial charge < -0.3 is 9.15 Å². The van der Waals surface area contributed by atoms with Crippen LogP contribution in [0.2, 0.25) is 0 Å². The second kappa shape index (κ2) is 20.4. The standard InChI is InChI=1S/C76H65N5O2/c1-44(2)60-38-52(49-21-12-10-13-22-49)39-61(45(3)4)71(60)80-69-29-18-16-27-67(69)78-75(80)51-25-20-26-54(37-51)82-55-42-64-59-34-33-56-57-32-31-48(9)77-66(57)36-35-58(56)73(59)83-74(64)65(43-55)76-79-68-28-17-19-30-70(68)81(76)72-62(46(5)6)40-53(41-63(72)47(7)8)50-23-14-11-15-24-50/h10-47H,1-9H3. The molecule has 7 heteroatoms. The van der Waals surface area contributed by atoms with Gasteiger partial charge in [-0.1, -0.05) is 165 Å². The van der Waals surface area contributed by atoms with Crippen LogP contribution in [0.5, 0.6) is 11.5 Å². The molecular weight excluding hydrogens is 1010 g/mol. The predicted octanol–water partition coefficient (Wildman–Crippen LogP) is 21.2. The minimum atomic E-state index is 0.184. The highest BCUT2D eigenvalue weighted by molar-refractivity contribution is 6.21. The van der Waals surface area contributed by atoms with Gasteiger partial charge in [0.2, 0.25) is 0 Å². The Bertz CT molecular complexity index is 4790. The third-order valence-corrected chi connectivity index (χ3v) is 16.7. The Morgan fingerprint density at radius 1 is 0.349 bits per heavy atom. The smallest absolute Gasteiger partial charge is 0.149 e. The number of rotatable bonds is 12. The summed E-state index contributed by atoms with van der Waals surface area (Å²) in [4.78, 5) is 16.0. The van der Waals surface area contributed by atoms with Gasteiger partial charge in [-0.3, -0.25) is 14.1 Å². The number of aryl methyl sites for hydroxylation is 1. The van der Waals surface area contributed by atoms with Crippen LogP contribution in [0.4, 0.5) is 0 Å². The third-order valence-electron chi connectivity index (χ3n) is 16.7. The van der Waals surface area contributed by atoms with Crippen LogP contribution in [0, 0.1) is 6.92 Å². The number of furan rings is 1. The van der Waals surface area contributed by atoms with E-state index in [4.69, 9.17) is 24.1 Å². The number of aromatic nitrogens is 5. The molecule has 0 atom stereocenters. The van der Waals surface area contributed by atoms with Crippen molar-refractivity contribution in [3.63, 3.8) is 0 Å². The van der Waals surface area contributed by atoms with Crippen LogP contribution in [0.3, 0.4) is 0 Å². The third kappa shape index (κ3) is 8.85. The van der Waals surface area contributed by atoms with E-state index in [9.17, 15) is 0 Å². The van der Waals surface area contributed by atoms with Gasteiger partial charge in [-0.25, -0.2) is 9.97 Å². The highest BCUT2D eigenvalue weighted by Crippen LogP contribution is 2.47. The van der Waals surface area contributed by atoms with Crippen molar-refractivity contribution >= 4 is 65.7 Å². The minimum Gasteiger partial charge on any atom is -0.457 e. The van der Waals surface area contributed by atoms with Crippen molar-refractivity contribution in [2.75, 3.05) is 0 Å². The first-order valence-corrected chi connectivity index (χ1v) is 29.3. The number of hydrogen-bond donors (Lipinski definition) is 0. The van der Waals surface area contributed by atoms with E-state index in [-0.39, 0.29) is 23.7 Å². The molecule has 14 rings (SSSR count). The first-order chi connectivity index (χ1) is 40.4. The first-order valence-electron chi connectivity index (χ1n) is 29.3. The van der Waals surface area contributed by atoms with Crippen molar-refractivity contribution in [3.05, 3.63) is 234 Å². The summed E-state index contributed by atoms with van der Waals surface area (Å²) in [6.07, 6.45) is 0. The van der Waals surface area contributed by atoms with Crippen molar-refractivity contribution in [2.45, 2.75) is 86.0 Å².